The van der Waals surface area contributed by atoms with Gasteiger partial charge in [-0.1, -0.05) is 60.3 Å². The second kappa shape index (κ2) is 13.3. The first-order chi connectivity index (χ1) is 18.4. The highest BCUT2D eigenvalue weighted by Crippen LogP contribution is 2.35. The van der Waals surface area contributed by atoms with E-state index in [2.05, 4.69) is 38.2 Å². The van der Waals surface area contributed by atoms with E-state index >= 15 is 0 Å². The number of aromatic amines is 1. The summed E-state index contributed by atoms with van der Waals surface area (Å²) in [6.45, 7) is 4.83. The Morgan fingerprint density at radius 1 is 1.03 bits per heavy atom. The van der Waals surface area contributed by atoms with Crippen LogP contribution < -0.4 is 15.4 Å². The van der Waals surface area contributed by atoms with Gasteiger partial charge in [0, 0.05) is 27.4 Å². The first-order valence-electron chi connectivity index (χ1n) is 12.5. The lowest BCUT2D eigenvalue weighted by molar-refractivity contribution is 0.0950. The minimum absolute atomic E-state index is 0.0814. The summed E-state index contributed by atoms with van der Waals surface area (Å²) < 4.78 is 6.12. The van der Waals surface area contributed by atoms with Gasteiger partial charge in [0.05, 0.1) is 17.6 Å². The number of hydrogen-bond acceptors (Lipinski definition) is 6. The SMILES string of the molecule is CCCC[C@@H](COc1ccc(-c2ccc(C)cc2Cl)c(Cl)c1)Nc1ccc(C(=O)NCc2nn[nH]n2)cc1. The first kappa shape index (κ1) is 27.4. The van der Waals surface area contributed by atoms with Crippen LogP contribution >= 0.6 is 23.2 Å². The molecule has 0 aliphatic carbocycles. The summed E-state index contributed by atoms with van der Waals surface area (Å²) in [7, 11) is 0. The van der Waals surface area contributed by atoms with Crippen LogP contribution in [-0.2, 0) is 6.54 Å². The van der Waals surface area contributed by atoms with E-state index < -0.39 is 0 Å². The number of aryl methyl sites for hydroxylation is 1. The Labute approximate surface area is 232 Å². The molecule has 0 fully saturated rings. The largest absolute Gasteiger partial charge is 0.491 e. The van der Waals surface area contributed by atoms with Crippen LogP contribution in [0.15, 0.2) is 60.7 Å². The topological polar surface area (TPSA) is 105 Å². The van der Waals surface area contributed by atoms with Gasteiger partial charge in [-0.3, -0.25) is 4.79 Å². The average molecular weight is 553 g/mol. The standard InChI is InChI=1S/C28H30Cl2N6O2/c1-3-4-5-21(32-20-9-7-19(8-10-20)28(37)31-16-27-33-35-36-34-27)17-38-22-11-13-24(26(30)15-22)23-12-6-18(2)14-25(23)29/h6-15,21,32H,3-5,16-17H2,1-2H3,(H,31,37)(H,33,34,35,36)/t21-/m0/s1. The predicted molar refractivity (Wildman–Crippen MR) is 151 cm³/mol. The van der Waals surface area contributed by atoms with Crippen molar-refractivity contribution in [2.75, 3.05) is 11.9 Å². The van der Waals surface area contributed by atoms with Gasteiger partial charge in [0.25, 0.3) is 5.91 Å². The molecule has 0 saturated heterocycles. The molecule has 1 aromatic heterocycles. The Kier molecular flexibility index (Phi) is 9.56. The molecular formula is C28H30Cl2N6O2. The van der Waals surface area contributed by atoms with Crippen LogP contribution in [0.25, 0.3) is 11.1 Å². The molecule has 0 aliphatic rings. The molecule has 38 heavy (non-hydrogen) atoms. The third-order valence-corrected chi connectivity index (χ3v) is 6.65. The molecule has 3 aromatic carbocycles. The average Bonchev–Trinajstić information content (AvgIpc) is 3.44. The molecule has 0 spiro atoms. The number of ether oxygens (including phenoxy) is 1. The van der Waals surface area contributed by atoms with Crippen molar-refractivity contribution in [1.29, 1.82) is 0 Å². The van der Waals surface area contributed by atoms with Gasteiger partial charge in [0.15, 0.2) is 5.82 Å². The predicted octanol–water partition coefficient (Wildman–Crippen LogP) is 6.46. The third kappa shape index (κ3) is 7.46. The summed E-state index contributed by atoms with van der Waals surface area (Å²) >= 11 is 13.0. The molecule has 1 atom stereocenters. The number of nitrogens with one attached hydrogen (secondary N) is 3. The molecule has 4 aromatic rings. The Balaban J connectivity index is 1.36. The number of anilines is 1. The molecule has 8 nitrogen and oxygen atoms in total. The van der Waals surface area contributed by atoms with Gasteiger partial charge < -0.3 is 15.4 Å². The van der Waals surface area contributed by atoms with Crippen molar-refractivity contribution in [3.05, 3.63) is 87.7 Å². The van der Waals surface area contributed by atoms with E-state index in [1.165, 1.54) is 0 Å². The molecule has 0 aliphatic heterocycles. The van der Waals surface area contributed by atoms with Crippen LogP contribution in [-0.4, -0.2) is 39.2 Å². The van der Waals surface area contributed by atoms with Crippen molar-refractivity contribution in [2.24, 2.45) is 0 Å². The minimum Gasteiger partial charge on any atom is -0.491 e. The van der Waals surface area contributed by atoms with Crippen LogP contribution in [0.1, 0.15) is 47.9 Å². The van der Waals surface area contributed by atoms with Gasteiger partial charge >= 0.3 is 0 Å². The smallest absolute Gasteiger partial charge is 0.251 e. The Bertz CT molecular complexity index is 1350. The van der Waals surface area contributed by atoms with E-state index in [1.54, 1.807) is 12.1 Å². The maximum atomic E-state index is 12.4. The quantitative estimate of drug-likeness (QED) is 0.186. The fraction of sp³-hybridized carbons (Fsp3) is 0.286. The fourth-order valence-corrected chi connectivity index (χ4v) is 4.57. The van der Waals surface area contributed by atoms with Crippen molar-refractivity contribution in [2.45, 2.75) is 45.7 Å². The molecule has 198 valence electrons. The van der Waals surface area contributed by atoms with E-state index in [-0.39, 0.29) is 18.5 Å². The van der Waals surface area contributed by atoms with Crippen molar-refractivity contribution < 1.29 is 9.53 Å². The number of halogens is 2. The molecule has 0 radical (unpaired) electrons. The number of aromatic nitrogens is 4. The van der Waals surface area contributed by atoms with Gasteiger partial charge in [-0.15, -0.1) is 10.2 Å². The lowest BCUT2D eigenvalue weighted by atomic mass is 10.0. The summed E-state index contributed by atoms with van der Waals surface area (Å²) in [4.78, 5) is 12.4. The Morgan fingerprint density at radius 2 is 1.76 bits per heavy atom. The van der Waals surface area contributed by atoms with Crippen molar-refractivity contribution in [1.82, 2.24) is 25.9 Å². The summed E-state index contributed by atoms with van der Waals surface area (Å²) in [6.07, 6.45) is 3.08. The zero-order valence-electron chi connectivity index (χ0n) is 21.3. The highest BCUT2D eigenvalue weighted by atomic mass is 35.5. The number of benzene rings is 3. The molecule has 1 heterocycles. The molecule has 3 N–H and O–H groups in total. The number of amides is 1. The van der Waals surface area contributed by atoms with Crippen LogP contribution in [0.5, 0.6) is 5.75 Å². The van der Waals surface area contributed by atoms with Crippen LogP contribution in [0, 0.1) is 6.92 Å². The normalized spacial score (nSPS) is 11.7. The molecule has 10 heteroatoms. The maximum Gasteiger partial charge on any atom is 0.251 e. The number of H-pyrrole nitrogens is 1. The zero-order valence-corrected chi connectivity index (χ0v) is 22.8. The molecular weight excluding hydrogens is 523 g/mol. The van der Waals surface area contributed by atoms with E-state index in [4.69, 9.17) is 27.9 Å². The summed E-state index contributed by atoms with van der Waals surface area (Å²) in [5.74, 6) is 0.906. The zero-order chi connectivity index (χ0) is 26.9. The van der Waals surface area contributed by atoms with Gasteiger partial charge in [-0.05, 0) is 67.4 Å². The fourth-order valence-electron chi connectivity index (χ4n) is 3.96. The number of unbranched alkanes of at least 4 members (excludes halogenated alkanes) is 1. The Hall–Kier alpha value is -3.62. The van der Waals surface area contributed by atoms with E-state index in [0.29, 0.717) is 33.8 Å². The summed E-state index contributed by atoms with van der Waals surface area (Å²) in [6, 6.07) is 19.0. The highest BCUT2D eigenvalue weighted by molar-refractivity contribution is 6.36. The number of hydrogen-bond donors (Lipinski definition) is 3. The van der Waals surface area contributed by atoms with Gasteiger partial charge in [0.2, 0.25) is 0 Å². The molecule has 1 amide bonds. The van der Waals surface area contributed by atoms with Crippen LogP contribution in [0.4, 0.5) is 5.69 Å². The number of carbonyl (C=O) groups excluding carboxylic acids is 1. The van der Waals surface area contributed by atoms with Crippen LogP contribution in [0.2, 0.25) is 10.0 Å². The monoisotopic (exact) mass is 552 g/mol. The van der Waals surface area contributed by atoms with Crippen molar-refractivity contribution in [3.63, 3.8) is 0 Å². The lowest BCUT2D eigenvalue weighted by Gasteiger charge is -2.21. The Morgan fingerprint density at radius 3 is 2.42 bits per heavy atom. The number of carbonyl (C=O) groups is 1. The first-order valence-corrected chi connectivity index (χ1v) is 13.2. The summed E-state index contributed by atoms with van der Waals surface area (Å²) in [5.41, 5.74) is 4.31. The second-order valence-corrected chi connectivity index (χ2v) is 9.82. The summed E-state index contributed by atoms with van der Waals surface area (Å²) in [5, 5.41) is 21.0. The van der Waals surface area contributed by atoms with Crippen LogP contribution in [0.3, 0.4) is 0 Å². The van der Waals surface area contributed by atoms with Gasteiger partial charge in [0.1, 0.15) is 12.4 Å². The van der Waals surface area contributed by atoms with Gasteiger partial charge in [-0.2, -0.15) is 5.21 Å². The van der Waals surface area contributed by atoms with Crippen molar-refractivity contribution >= 4 is 34.8 Å². The molecule has 0 saturated carbocycles. The van der Waals surface area contributed by atoms with Gasteiger partial charge in [-0.25, -0.2) is 0 Å². The minimum atomic E-state index is -0.209. The molecule has 0 unspecified atom stereocenters. The number of nitrogens with zero attached hydrogens (tertiary/aromatic N) is 3. The van der Waals surface area contributed by atoms with Crippen molar-refractivity contribution in [3.8, 4) is 16.9 Å². The molecule has 4 rings (SSSR count). The molecule has 0 bridgehead atoms. The van der Waals surface area contributed by atoms with E-state index in [9.17, 15) is 4.79 Å². The number of tetrazole rings is 1. The third-order valence-electron chi connectivity index (χ3n) is 6.03. The second-order valence-electron chi connectivity index (χ2n) is 9.01. The van der Waals surface area contributed by atoms with E-state index in [0.717, 1.165) is 41.6 Å². The highest BCUT2D eigenvalue weighted by Gasteiger charge is 2.13. The lowest BCUT2D eigenvalue weighted by Crippen LogP contribution is -2.27. The number of rotatable bonds is 12. The van der Waals surface area contributed by atoms with E-state index in [1.807, 2.05) is 55.5 Å². The maximum absolute atomic E-state index is 12.4.